The van der Waals surface area contributed by atoms with Crippen LogP contribution in [0, 0.1) is 6.92 Å². The van der Waals surface area contributed by atoms with E-state index in [2.05, 4.69) is 36.3 Å². The summed E-state index contributed by atoms with van der Waals surface area (Å²) in [4.78, 5) is 20.4. The van der Waals surface area contributed by atoms with Crippen LogP contribution in [0.5, 0.6) is 0 Å². The number of hydrogen-bond acceptors (Lipinski definition) is 4. The highest BCUT2D eigenvalue weighted by molar-refractivity contribution is 9.10. The maximum Gasteiger partial charge on any atom is 0.259 e. The molecular weight excluding hydrogens is 322 g/mol. The van der Waals surface area contributed by atoms with Gasteiger partial charge in [0.15, 0.2) is 0 Å². The van der Waals surface area contributed by atoms with Crippen LogP contribution in [0.1, 0.15) is 15.9 Å². The summed E-state index contributed by atoms with van der Waals surface area (Å²) < 4.78 is 2.36. The van der Waals surface area contributed by atoms with Crippen molar-refractivity contribution in [2.45, 2.75) is 6.92 Å². The van der Waals surface area contributed by atoms with Gasteiger partial charge in [0.2, 0.25) is 0 Å². The van der Waals surface area contributed by atoms with E-state index in [1.54, 1.807) is 29.3 Å². The monoisotopic (exact) mass is 331 g/mol. The van der Waals surface area contributed by atoms with Crippen molar-refractivity contribution in [3.05, 3.63) is 52.8 Å². The lowest BCUT2D eigenvalue weighted by molar-refractivity contribution is 0.102. The Morgan fingerprint density at radius 3 is 3.00 bits per heavy atom. The second-order valence-corrected chi connectivity index (χ2v) is 5.00. The first-order valence-corrected chi connectivity index (χ1v) is 6.65. The number of rotatable bonds is 2. The van der Waals surface area contributed by atoms with Crippen LogP contribution in [-0.4, -0.2) is 25.5 Å². The van der Waals surface area contributed by atoms with Crippen molar-refractivity contribution in [1.82, 2.24) is 19.6 Å². The summed E-state index contributed by atoms with van der Waals surface area (Å²) in [7, 11) is 0. The Kier molecular flexibility index (Phi) is 3.19. The van der Waals surface area contributed by atoms with E-state index in [1.165, 1.54) is 6.20 Å². The number of halogens is 1. The minimum atomic E-state index is -0.239. The highest BCUT2D eigenvalue weighted by Gasteiger charge is 2.13. The van der Waals surface area contributed by atoms with Crippen molar-refractivity contribution in [2.75, 3.05) is 5.32 Å². The molecule has 0 bridgehead atoms. The molecule has 3 heterocycles. The molecule has 0 fully saturated rings. The van der Waals surface area contributed by atoms with E-state index < -0.39 is 0 Å². The van der Waals surface area contributed by atoms with Gasteiger partial charge in [-0.2, -0.15) is 5.10 Å². The molecule has 0 aliphatic rings. The average molecular weight is 332 g/mol. The molecular formula is C13H10BrN5O. The third-order valence-corrected chi connectivity index (χ3v) is 3.67. The maximum absolute atomic E-state index is 12.3. The van der Waals surface area contributed by atoms with E-state index in [-0.39, 0.29) is 5.91 Å². The zero-order valence-electron chi connectivity index (χ0n) is 10.5. The Morgan fingerprint density at radius 1 is 1.35 bits per heavy atom. The molecule has 6 nitrogen and oxygen atoms in total. The minimum absolute atomic E-state index is 0.239. The van der Waals surface area contributed by atoms with Gasteiger partial charge in [-0.15, -0.1) is 0 Å². The summed E-state index contributed by atoms with van der Waals surface area (Å²) >= 11 is 3.32. The lowest BCUT2D eigenvalue weighted by atomic mass is 10.2. The summed E-state index contributed by atoms with van der Waals surface area (Å²) in [5.41, 5.74) is 2.72. The Labute approximate surface area is 123 Å². The van der Waals surface area contributed by atoms with E-state index in [0.29, 0.717) is 16.8 Å². The Balaban J connectivity index is 1.91. The van der Waals surface area contributed by atoms with Gasteiger partial charge in [-0.3, -0.25) is 9.78 Å². The molecule has 0 radical (unpaired) electrons. The molecule has 100 valence electrons. The Bertz CT molecular complexity index is 798. The fourth-order valence-electron chi connectivity index (χ4n) is 1.83. The van der Waals surface area contributed by atoms with Crippen molar-refractivity contribution >= 4 is 33.0 Å². The summed E-state index contributed by atoms with van der Waals surface area (Å²) in [6.07, 6.45) is 8.03. The predicted octanol–water partition coefficient (Wildman–Crippen LogP) is 2.45. The molecule has 0 unspecified atom stereocenters. The van der Waals surface area contributed by atoms with Crippen LogP contribution in [0.25, 0.3) is 5.52 Å². The fraction of sp³-hybridized carbons (Fsp3) is 0.0769. The maximum atomic E-state index is 12.3. The molecule has 1 amide bonds. The molecule has 3 rings (SSSR count). The van der Waals surface area contributed by atoms with Crippen molar-refractivity contribution in [3.63, 3.8) is 0 Å². The van der Waals surface area contributed by atoms with Gasteiger partial charge >= 0.3 is 0 Å². The zero-order chi connectivity index (χ0) is 14.1. The molecule has 0 saturated heterocycles. The van der Waals surface area contributed by atoms with Crippen molar-refractivity contribution < 1.29 is 4.79 Å². The van der Waals surface area contributed by atoms with E-state index in [1.807, 2.05) is 13.0 Å². The van der Waals surface area contributed by atoms with Gasteiger partial charge < -0.3 is 5.32 Å². The van der Waals surface area contributed by atoms with E-state index in [4.69, 9.17) is 0 Å². The molecule has 0 saturated carbocycles. The first kappa shape index (κ1) is 12.7. The van der Waals surface area contributed by atoms with Crippen molar-refractivity contribution in [1.29, 1.82) is 0 Å². The molecule has 3 aromatic rings. The quantitative estimate of drug-likeness (QED) is 0.732. The number of carbonyl (C=O) groups excluding carboxylic acids is 1. The van der Waals surface area contributed by atoms with Crippen LogP contribution >= 0.6 is 15.9 Å². The predicted molar refractivity (Wildman–Crippen MR) is 77.6 cm³/mol. The smallest absolute Gasteiger partial charge is 0.259 e. The number of anilines is 1. The summed E-state index contributed by atoms with van der Waals surface area (Å²) in [5, 5.41) is 6.91. The molecule has 7 heteroatoms. The lowest BCUT2D eigenvalue weighted by Gasteiger charge is -2.05. The molecule has 0 aromatic carbocycles. The summed E-state index contributed by atoms with van der Waals surface area (Å²) in [6, 6.07) is 1.85. The third kappa shape index (κ3) is 2.27. The second-order valence-electron chi connectivity index (χ2n) is 4.25. The van der Waals surface area contributed by atoms with E-state index >= 15 is 0 Å². The fourth-order valence-corrected chi connectivity index (χ4v) is 2.05. The number of nitrogens with zero attached hydrogens (tertiary/aromatic N) is 4. The largest absolute Gasteiger partial charge is 0.320 e. The van der Waals surface area contributed by atoms with E-state index in [9.17, 15) is 4.79 Å². The molecule has 20 heavy (non-hydrogen) atoms. The normalized spacial score (nSPS) is 10.7. The number of carbonyl (C=O) groups is 1. The minimum Gasteiger partial charge on any atom is -0.320 e. The highest BCUT2D eigenvalue weighted by Crippen LogP contribution is 2.18. The Hall–Kier alpha value is -2.28. The van der Waals surface area contributed by atoms with Crippen LogP contribution in [0.4, 0.5) is 5.69 Å². The van der Waals surface area contributed by atoms with Gasteiger partial charge in [0.25, 0.3) is 5.91 Å². The lowest BCUT2D eigenvalue weighted by Crippen LogP contribution is -2.12. The zero-order valence-corrected chi connectivity index (χ0v) is 12.1. The summed E-state index contributed by atoms with van der Waals surface area (Å²) in [5.74, 6) is -0.239. The van der Waals surface area contributed by atoms with Crippen LogP contribution in [0.3, 0.4) is 0 Å². The standard InChI is InChI=1S/C13H10BrN5O/c1-8-4-9(5-16-12(8)14)18-13(20)10-6-17-19-3-2-15-7-11(10)19/h2-7H,1H3,(H,18,20). The number of aryl methyl sites for hydroxylation is 1. The number of fused-ring (bicyclic) bond motifs is 1. The van der Waals surface area contributed by atoms with Gasteiger partial charge in [-0.25, -0.2) is 9.50 Å². The topological polar surface area (TPSA) is 72.2 Å². The number of aromatic nitrogens is 4. The SMILES string of the molecule is Cc1cc(NC(=O)c2cnn3ccncc23)cnc1Br. The third-order valence-electron chi connectivity index (χ3n) is 2.84. The van der Waals surface area contributed by atoms with Gasteiger partial charge in [-0.05, 0) is 34.5 Å². The molecule has 1 N–H and O–H groups in total. The first-order valence-electron chi connectivity index (χ1n) is 5.86. The molecule has 0 atom stereocenters. The van der Waals surface area contributed by atoms with Crippen molar-refractivity contribution in [3.8, 4) is 0 Å². The molecule has 0 aliphatic heterocycles. The van der Waals surface area contributed by atoms with Gasteiger partial charge in [0.05, 0.1) is 35.4 Å². The number of hydrogen-bond donors (Lipinski definition) is 1. The van der Waals surface area contributed by atoms with E-state index in [0.717, 1.165) is 10.2 Å². The van der Waals surface area contributed by atoms with Gasteiger partial charge in [0.1, 0.15) is 4.60 Å². The van der Waals surface area contributed by atoms with Crippen LogP contribution in [-0.2, 0) is 0 Å². The van der Waals surface area contributed by atoms with Gasteiger partial charge in [-0.1, -0.05) is 0 Å². The highest BCUT2D eigenvalue weighted by atomic mass is 79.9. The van der Waals surface area contributed by atoms with Gasteiger partial charge in [0, 0.05) is 12.4 Å². The summed E-state index contributed by atoms with van der Waals surface area (Å²) in [6.45, 7) is 1.91. The molecule has 0 aliphatic carbocycles. The number of amides is 1. The number of nitrogens with one attached hydrogen (secondary N) is 1. The first-order chi connectivity index (χ1) is 9.65. The van der Waals surface area contributed by atoms with Crippen LogP contribution in [0.15, 0.2) is 41.7 Å². The number of pyridine rings is 1. The second kappa shape index (κ2) is 5.01. The van der Waals surface area contributed by atoms with Crippen LogP contribution < -0.4 is 5.32 Å². The van der Waals surface area contributed by atoms with Crippen LogP contribution in [0.2, 0.25) is 0 Å². The molecule has 3 aromatic heterocycles. The average Bonchev–Trinajstić information content (AvgIpc) is 2.87. The van der Waals surface area contributed by atoms with Crippen molar-refractivity contribution in [2.24, 2.45) is 0 Å². The molecule has 0 spiro atoms. The Morgan fingerprint density at radius 2 is 2.20 bits per heavy atom.